The predicted molar refractivity (Wildman–Crippen MR) is 132 cm³/mol. The highest BCUT2D eigenvalue weighted by molar-refractivity contribution is 7.63. The lowest BCUT2D eigenvalue weighted by Gasteiger charge is -2.17. The van der Waals surface area contributed by atoms with Crippen molar-refractivity contribution in [2.45, 2.75) is 26.2 Å². The summed E-state index contributed by atoms with van der Waals surface area (Å²) in [6.45, 7) is 6.11. The predicted octanol–water partition coefficient (Wildman–Crippen LogP) is 4.53. The van der Waals surface area contributed by atoms with Crippen molar-refractivity contribution in [3.8, 4) is 17.0 Å². The van der Waals surface area contributed by atoms with E-state index in [2.05, 4.69) is 39.1 Å². The van der Waals surface area contributed by atoms with Crippen LogP contribution in [0.25, 0.3) is 11.3 Å². The van der Waals surface area contributed by atoms with Gasteiger partial charge in [-0.15, -0.1) is 0 Å². The second kappa shape index (κ2) is 9.71. The van der Waals surface area contributed by atoms with Crippen LogP contribution in [0.5, 0.6) is 5.75 Å². The molecular weight excluding hydrogens is 437 g/mol. The molecule has 2 aromatic heterocycles. The van der Waals surface area contributed by atoms with Gasteiger partial charge in [-0.1, -0.05) is 20.9 Å². The summed E-state index contributed by atoms with van der Waals surface area (Å²) in [5.41, 5.74) is 4.46. The number of H-pyrrole nitrogens is 1. The number of nitrogens with one attached hydrogen (secondary N) is 3. The molecule has 1 saturated carbocycles. The quantitative estimate of drug-likeness (QED) is 0.316. The molecule has 0 radical (unpaired) electrons. The number of methoxy groups -OCH3 is 1. The van der Waals surface area contributed by atoms with Gasteiger partial charge in [-0.05, 0) is 44.4 Å². The molecule has 9 heteroatoms. The van der Waals surface area contributed by atoms with Gasteiger partial charge in [-0.2, -0.15) is 5.10 Å². The number of Topliss-reactive ketones (excluding diaryl/α,β-unsaturated/α-hetero) is 1. The number of para-hydroxylation sites is 1. The molecule has 3 N–H and O–H groups in total. The van der Waals surface area contributed by atoms with E-state index in [0.29, 0.717) is 34.9 Å². The van der Waals surface area contributed by atoms with Crippen LogP contribution in [-0.4, -0.2) is 47.3 Å². The Labute approximate surface area is 194 Å². The summed E-state index contributed by atoms with van der Waals surface area (Å²) in [5.74, 6) is 1.01. The highest BCUT2D eigenvalue weighted by Gasteiger charge is 2.30. The van der Waals surface area contributed by atoms with E-state index < -0.39 is 0 Å². The summed E-state index contributed by atoms with van der Waals surface area (Å²) < 4.78 is 5.76. The summed E-state index contributed by atoms with van der Waals surface area (Å²) in [5, 5.41) is 13.7. The smallest absolute Gasteiger partial charge is 0.228 e. The van der Waals surface area contributed by atoms with Crippen molar-refractivity contribution in [1.82, 2.24) is 15.2 Å². The van der Waals surface area contributed by atoms with Crippen molar-refractivity contribution >= 4 is 42.2 Å². The Hall–Kier alpha value is -3.25. The third-order valence-electron chi connectivity index (χ3n) is 5.53. The van der Waals surface area contributed by atoms with E-state index in [9.17, 15) is 9.59 Å². The number of hydrogen-bond acceptors (Lipinski definition) is 6. The number of carbonyl (C=O) groups is 2. The third kappa shape index (κ3) is 5.06. The minimum absolute atomic E-state index is 0.0375. The van der Waals surface area contributed by atoms with Gasteiger partial charge in [0.1, 0.15) is 5.82 Å². The highest BCUT2D eigenvalue weighted by atomic mass is 31.1. The first-order valence-electron chi connectivity index (χ1n) is 10.9. The van der Waals surface area contributed by atoms with E-state index in [1.54, 1.807) is 13.2 Å². The molecular formula is C24H28N5O3P. The molecule has 0 aliphatic heterocycles. The minimum atomic E-state index is -0.329. The van der Waals surface area contributed by atoms with Crippen molar-refractivity contribution in [2.24, 2.45) is 5.92 Å². The average Bonchev–Trinajstić information content (AvgIpc) is 3.55. The Morgan fingerprint density at radius 3 is 2.64 bits per heavy atom. The number of amides is 1. The fourth-order valence-electron chi connectivity index (χ4n) is 3.50. The lowest BCUT2D eigenvalue weighted by molar-refractivity contribution is -0.117. The van der Waals surface area contributed by atoms with Gasteiger partial charge in [-0.25, -0.2) is 4.98 Å². The van der Waals surface area contributed by atoms with Crippen molar-refractivity contribution in [1.29, 1.82) is 0 Å². The second-order valence-electron chi connectivity index (χ2n) is 8.20. The van der Waals surface area contributed by atoms with E-state index in [1.165, 1.54) is 6.20 Å². The number of pyridine rings is 1. The van der Waals surface area contributed by atoms with E-state index in [1.807, 2.05) is 31.2 Å². The molecule has 0 spiro atoms. The molecule has 0 unspecified atom stereocenters. The van der Waals surface area contributed by atoms with Gasteiger partial charge in [0.2, 0.25) is 5.91 Å². The molecule has 2 heterocycles. The molecule has 33 heavy (non-hydrogen) atoms. The zero-order chi connectivity index (χ0) is 23.5. The van der Waals surface area contributed by atoms with Gasteiger partial charge < -0.3 is 15.4 Å². The Morgan fingerprint density at radius 2 is 2.00 bits per heavy atom. The summed E-state index contributed by atoms with van der Waals surface area (Å²) >= 11 is 0. The molecule has 0 atom stereocenters. The first kappa shape index (κ1) is 22.9. The van der Waals surface area contributed by atoms with Gasteiger partial charge in [-0.3, -0.25) is 14.7 Å². The zero-order valence-electron chi connectivity index (χ0n) is 19.2. The molecule has 172 valence electrons. The van der Waals surface area contributed by atoms with Crippen LogP contribution in [-0.2, 0) is 4.79 Å². The minimum Gasteiger partial charge on any atom is -0.494 e. The Balaban J connectivity index is 1.70. The Morgan fingerprint density at radius 1 is 1.21 bits per heavy atom. The highest BCUT2D eigenvalue weighted by Crippen LogP contribution is 2.39. The van der Waals surface area contributed by atoms with Crippen LogP contribution in [0.3, 0.4) is 0 Å². The average molecular weight is 465 g/mol. The van der Waals surface area contributed by atoms with Gasteiger partial charge in [0.25, 0.3) is 0 Å². The number of rotatable bonds is 9. The van der Waals surface area contributed by atoms with Gasteiger partial charge in [0, 0.05) is 30.2 Å². The van der Waals surface area contributed by atoms with Gasteiger partial charge in [0.05, 0.1) is 35.2 Å². The van der Waals surface area contributed by atoms with Crippen molar-refractivity contribution in [3.05, 3.63) is 42.1 Å². The maximum absolute atomic E-state index is 12.6. The monoisotopic (exact) mass is 465 g/mol. The molecule has 0 bridgehead atoms. The molecule has 4 rings (SSSR count). The topological polar surface area (TPSA) is 109 Å². The number of ketones is 1. The summed E-state index contributed by atoms with van der Waals surface area (Å²) in [4.78, 5) is 29.1. The van der Waals surface area contributed by atoms with E-state index in [-0.39, 0.29) is 25.5 Å². The molecule has 0 saturated heterocycles. The van der Waals surface area contributed by atoms with Crippen molar-refractivity contribution in [2.75, 3.05) is 31.1 Å². The first-order valence-corrected chi connectivity index (χ1v) is 13.2. The first-order chi connectivity index (χ1) is 15.9. The van der Waals surface area contributed by atoms with Crippen LogP contribution >= 0.6 is 7.92 Å². The zero-order valence-corrected chi connectivity index (χ0v) is 20.1. The van der Waals surface area contributed by atoms with Crippen LogP contribution < -0.4 is 20.8 Å². The lowest BCUT2D eigenvalue weighted by Crippen LogP contribution is -2.15. The molecule has 8 nitrogen and oxygen atoms in total. The standard InChI is InChI=1S/C24H28N5O3P/c1-5-20(30)16-13-25-21(27-24(31)14-9-10-14)11-18(16)26-17-8-6-7-15(23(17)32-2)19-12-22(29-28-19)33(3)4/h6-8,11-14H,5,9-10H2,1-4H3,(H,28,29)(H2,25,26,27,31). The second-order valence-corrected chi connectivity index (χ2v) is 10.4. The number of hydrogen-bond donors (Lipinski definition) is 3. The Kier molecular flexibility index (Phi) is 6.75. The summed E-state index contributed by atoms with van der Waals surface area (Å²) in [7, 11) is 1.28. The van der Waals surface area contributed by atoms with Crippen LogP contribution in [0.15, 0.2) is 36.5 Å². The molecule has 1 aromatic carbocycles. The Bertz CT molecular complexity index is 1190. The van der Waals surface area contributed by atoms with Crippen LogP contribution in [0.1, 0.15) is 36.5 Å². The molecule has 3 aromatic rings. The number of benzene rings is 1. The summed E-state index contributed by atoms with van der Waals surface area (Å²) in [6.07, 6.45) is 3.66. The van der Waals surface area contributed by atoms with E-state index in [4.69, 9.17) is 4.74 Å². The number of nitrogens with zero attached hydrogens (tertiary/aromatic N) is 2. The van der Waals surface area contributed by atoms with Crippen LogP contribution in [0, 0.1) is 5.92 Å². The lowest BCUT2D eigenvalue weighted by atomic mass is 10.1. The van der Waals surface area contributed by atoms with Crippen LogP contribution in [0.2, 0.25) is 0 Å². The van der Waals surface area contributed by atoms with Gasteiger partial charge >= 0.3 is 0 Å². The molecule has 1 fully saturated rings. The van der Waals surface area contributed by atoms with Crippen molar-refractivity contribution in [3.63, 3.8) is 0 Å². The fraction of sp³-hybridized carbons (Fsp3) is 0.333. The van der Waals surface area contributed by atoms with E-state index in [0.717, 1.165) is 29.5 Å². The number of carbonyl (C=O) groups excluding carboxylic acids is 2. The normalized spacial score (nSPS) is 13.1. The van der Waals surface area contributed by atoms with Gasteiger partial charge in [0.15, 0.2) is 11.5 Å². The number of aromatic amines is 1. The van der Waals surface area contributed by atoms with E-state index >= 15 is 0 Å². The largest absolute Gasteiger partial charge is 0.494 e. The number of anilines is 3. The van der Waals surface area contributed by atoms with Crippen molar-refractivity contribution < 1.29 is 14.3 Å². The molecule has 1 amide bonds. The number of aromatic nitrogens is 3. The summed E-state index contributed by atoms with van der Waals surface area (Å²) in [6, 6.07) is 9.50. The fourth-order valence-corrected chi connectivity index (χ4v) is 4.14. The van der Waals surface area contributed by atoms with Crippen LogP contribution in [0.4, 0.5) is 17.2 Å². The third-order valence-corrected chi connectivity index (χ3v) is 6.67. The molecule has 1 aliphatic carbocycles. The SMILES string of the molecule is CCC(=O)c1cnc(NC(=O)C2CC2)cc1Nc1cccc(-c2cc(P(C)C)n[nH]2)c1OC. The maximum atomic E-state index is 12.6. The maximum Gasteiger partial charge on any atom is 0.228 e. The number of ether oxygens (including phenoxy) is 1. The molecule has 1 aliphatic rings.